The van der Waals surface area contributed by atoms with Gasteiger partial charge in [-0.05, 0) is 24.9 Å². The van der Waals surface area contributed by atoms with Gasteiger partial charge in [0.1, 0.15) is 0 Å². The van der Waals surface area contributed by atoms with Gasteiger partial charge in [0, 0.05) is 13.2 Å². The lowest BCUT2D eigenvalue weighted by Gasteiger charge is -2.22. The van der Waals surface area contributed by atoms with Crippen molar-refractivity contribution in [2.75, 3.05) is 6.54 Å². The molecule has 86 valence electrons. The summed E-state index contributed by atoms with van der Waals surface area (Å²) in [5.74, 6) is 0.643. The summed E-state index contributed by atoms with van der Waals surface area (Å²) in [5.41, 5.74) is 1.17. The van der Waals surface area contributed by atoms with Gasteiger partial charge in [-0.3, -0.25) is 4.68 Å². The smallest absolute Gasteiger partial charge is 0.0796 e. The van der Waals surface area contributed by atoms with Gasteiger partial charge in [-0.2, -0.15) is 5.10 Å². The average Bonchev–Trinajstić information content (AvgIpc) is 2.61. The van der Waals surface area contributed by atoms with E-state index >= 15 is 0 Å². The highest BCUT2D eigenvalue weighted by atomic mass is 15.3. The van der Waals surface area contributed by atoms with Crippen LogP contribution in [0.15, 0.2) is 12.3 Å². The van der Waals surface area contributed by atoms with E-state index in [0.29, 0.717) is 12.0 Å². The Balaban J connectivity index is 2.72. The maximum Gasteiger partial charge on any atom is 0.0796 e. The molecule has 0 spiro atoms. The summed E-state index contributed by atoms with van der Waals surface area (Å²) in [6.45, 7) is 7.67. The van der Waals surface area contributed by atoms with Crippen molar-refractivity contribution >= 4 is 0 Å². The van der Waals surface area contributed by atoms with Crippen LogP contribution in [0.25, 0.3) is 0 Å². The van der Waals surface area contributed by atoms with Crippen molar-refractivity contribution in [3.8, 4) is 0 Å². The lowest BCUT2D eigenvalue weighted by Crippen LogP contribution is -2.27. The fourth-order valence-electron chi connectivity index (χ4n) is 2.04. The SMILES string of the molecule is CCCC(C)C(NCC)c1ccn(C)n1. The zero-order chi connectivity index (χ0) is 11.3. The third-order valence-corrected chi connectivity index (χ3v) is 2.79. The molecular weight excluding hydrogens is 186 g/mol. The highest BCUT2D eigenvalue weighted by molar-refractivity contribution is 5.06. The Morgan fingerprint density at radius 1 is 1.47 bits per heavy atom. The minimum atomic E-state index is 0.399. The molecule has 1 rings (SSSR count). The van der Waals surface area contributed by atoms with E-state index in [-0.39, 0.29) is 0 Å². The first-order chi connectivity index (χ1) is 7.19. The summed E-state index contributed by atoms with van der Waals surface area (Å²) in [4.78, 5) is 0. The Morgan fingerprint density at radius 2 is 2.20 bits per heavy atom. The van der Waals surface area contributed by atoms with E-state index < -0.39 is 0 Å². The van der Waals surface area contributed by atoms with Crippen molar-refractivity contribution in [2.24, 2.45) is 13.0 Å². The van der Waals surface area contributed by atoms with Crippen LogP contribution >= 0.6 is 0 Å². The van der Waals surface area contributed by atoms with Gasteiger partial charge in [0.2, 0.25) is 0 Å². The Labute approximate surface area is 92.9 Å². The van der Waals surface area contributed by atoms with Gasteiger partial charge in [-0.25, -0.2) is 0 Å². The van der Waals surface area contributed by atoms with Crippen LogP contribution in [0, 0.1) is 5.92 Å². The lowest BCUT2D eigenvalue weighted by molar-refractivity contribution is 0.360. The molecule has 3 nitrogen and oxygen atoms in total. The summed E-state index contributed by atoms with van der Waals surface area (Å²) in [7, 11) is 1.97. The molecule has 0 radical (unpaired) electrons. The van der Waals surface area contributed by atoms with E-state index in [9.17, 15) is 0 Å². The van der Waals surface area contributed by atoms with Gasteiger partial charge >= 0.3 is 0 Å². The molecule has 3 heteroatoms. The van der Waals surface area contributed by atoms with E-state index in [0.717, 1.165) is 6.54 Å². The highest BCUT2D eigenvalue weighted by Crippen LogP contribution is 2.23. The Bertz CT molecular complexity index is 280. The van der Waals surface area contributed by atoms with Crippen LogP contribution in [0.2, 0.25) is 0 Å². The average molecular weight is 209 g/mol. The van der Waals surface area contributed by atoms with Crippen molar-refractivity contribution in [1.29, 1.82) is 0 Å². The quantitative estimate of drug-likeness (QED) is 0.780. The topological polar surface area (TPSA) is 29.9 Å². The summed E-state index contributed by atoms with van der Waals surface area (Å²) < 4.78 is 1.87. The highest BCUT2D eigenvalue weighted by Gasteiger charge is 2.19. The van der Waals surface area contributed by atoms with Gasteiger partial charge < -0.3 is 5.32 Å². The van der Waals surface area contributed by atoms with Gasteiger partial charge in [0.25, 0.3) is 0 Å². The molecule has 2 atom stereocenters. The molecule has 0 aliphatic rings. The van der Waals surface area contributed by atoms with Crippen LogP contribution in [0.3, 0.4) is 0 Å². The predicted octanol–water partition coefficient (Wildman–Crippen LogP) is 2.51. The Kier molecular flexibility index (Phi) is 4.82. The first kappa shape index (κ1) is 12.2. The number of hydrogen-bond donors (Lipinski definition) is 1. The molecular formula is C12H23N3. The minimum absolute atomic E-state index is 0.399. The largest absolute Gasteiger partial charge is 0.309 e. The molecule has 1 aromatic rings. The van der Waals surface area contributed by atoms with E-state index in [1.165, 1.54) is 18.5 Å². The summed E-state index contributed by atoms with van der Waals surface area (Å²) in [6.07, 6.45) is 4.49. The van der Waals surface area contributed by atoms with Crippen LogP contribution in [-0.2, 0) is 7.05 Å². The molecule has 1 heterocycles. The van der Waals surface area contributed by atoms with Crippen molar-refractivity contribution in [3.63, 3.8) is 0 Å². The molecule has 0 saturated carbocycles. The van der Waals surface area contributed by atoms with Gasteiger partial charge in [0.05, 0.1) is 11.7 Å². The third kappa shape index (κ3) is 3.34. The first-order valence-electron chi connectivity index (χ1n) is 5.92. The molecule has 0 amide bonds. The summed E-state index contributed by atoms with van der Waals surface area (Å²) >= 11 is 0. The minimum Gasteiger partial charge on any atom is -0.309 e. The molecule has 0 fully saturated rings. The van der Waals surface area contributed by atoms with Crippen LogP contribution < -0.4 is 5.32 Å². The number of aromatic nitrogens is 2. The molecule has 0 bridgehead atoms. The van der Waals surface area contributed by atoms with E-state index in [4.69, 9.17) is 0 Å². The first-order valence-corrected chi connectivity index (χ1v) is 5.92. The van der Waals surface area contributed by atoms with Crippen LogP contribution in [-0.4, -0.2) is 16.3 Å². The van der Waals surface area contributed by atoms with E-state index in [2.05, 4.69) is 37.3 Å². The normalized spacial score (nSPS) is 15.2. The lowest BCUT2D eigenvalue weighted by atomic mass is 9.94. The zero-order valence-electron chi connectivity index (χ0n) is 10.3. The van der Waals surface area contributed by atoms with Crippen LogP contribution in [0.1, 0.15) is 45.3 Å². The molecule has 0 aliphatic heterocycles. The molecule has 1 aromatic heterocycles. The number of hydrogen-bond acceptors (Lipinski definition) is 2. The summed E-state index contributed by atoms with van der Waals surface area (Å²) in [5, 5.41) is 8.01. The van der Waals surface area contributed by atoms with Gasteiger partial charge in [-0.1, -0.05) is 27.2 Å². The fourth-order valence-corrected chi connectivity index (χ4v) is 2.04. The van der Waals surface area contributed by atoms with Crippen molar-refractivity contribution in [2.45, 2.75) is 39.7 Å². The van der Waals surface area contributed by atoms with Crippen molar-refractivity contribution in [3.05, 3.63) is 18.0 Å². The molecule has 0 saturated heterocycles. The molecule has 0 aromatic carbocycles. The molecule has 0 aliphatic carbocycles. The number of nitrogens with zero attached hydrogens (tertiary/aromatic N) is 2. The monoisotopic (exact) mass is 209 g/mol. The number of nitrogens with one attached hydrogen (secondary N) is 1. The summed E-state index contributed by atoms with van der Waals surface area (Å²) in [6, 6.07) is 2.51. The Hall–Kier alpha value is -0.830. The van der Waals surface area contributed by atoms with E-state index in [1.807, 2.05) is 17.9 Å². The second-order valence-corrected chi connectivity index (χ2v) is 4.22. The van der Waals surface area contributed by atoms with Crippen molar-refractivity contribution < 1.29 is 0 Å². The van der Waals surface area contributed by atoms with Crippen LogP contribution in [0.4, 0.5) is 0 Å². The molecule has 2 unspecified atom stereocenters. The zero-order valence-corrected chi connectivity index (χ0v) is 10.3. The van der Waals surface area contributed by atoms with Crippen molar-refractivity contribution in [1.82, 2.24) is 15.1 Å². The Morgan fingerprint density at radius 3 is 2.67 bits per heavy atom. The van der Waals surface area contributed by atoms with Crippen LogP contribution in [0.5, 0.6) is 0 Å². The second-order valence-electron chi connectivity index (χ2n) is 4.22. The second kappa shape index (κ2) is 5.91. The maximum absolute atomic E-state index is 4.49. The number of aryl methyl sites for hydroxylation is 1. The predicted molar refractivity (Wildman–Crippen MR) is 63.7 cm³/mol. The van der Waals surface area contributed by atoms with Gasteiger partial charge in [0.15, 0.2) is 0 Å². The standard InChI is InChI=1S/C12H23N3/c1-5-7-10(3)12(13-6-2)11-8-9-15(4)14-11/h8-10,12-13H,5-7H2,1-4H3. The molecule has 15 heavy (non-hydrogen) atoms. The maximum atomic E-state index is 4.49. The van der Waals surface area contributed by atoms with Gasteiger partial charge in [-0.15, -0.1) is 0 Å². The third-order valence-electron chi connectivity index (χ3n) is 2.79. The number of rotatable bonds is 6. The fraction of sp³-hybridized carbons (Fsp3) is 0.750. The molecule has 1 N–H and O–H groups in total. The van der Waals surface area contributed by atoms with E-state index in [1.54, 1.807) is 0 Å².